The van der Waals surface area contributed by atoms with E-state index in [-0.39, 0.29) is 0 Å². The standard InChI is InChI=1S/C21H18ClN5O/c22-18-12-24-21-26-16-3-1-2-13(9-16)4-5-14-8-15(6-7-19(23)28)11-17(10-14)25-20(18)27-21/h1-3,6-12H,4-5H2,(H2,23,28)(H2,24,25,26,27)/b7-6+. The van der Waals surface area contributed by atoms with Crippen molar-refractivity contribution in [2.75, 3.05) is 10.6 Å². The third-order valence-electron chi connectivity index (χ3n) is 4.35. The molecule has 0 unspecified atom stereocenters. The number of nitrogens with two attached hydrogens (primary N) is 1. The van der Waals surface area contributed by atoms with Gasteiger partial charge in [0.1, 0.15) is 5.02 Å². The van der Waals surface area contributed by atoms with Crippen LogP contribution in [0.5, 0.6) is 0 Å². The summed E-state index contributed by atoms with van der Waals surface area (Å²) in [7, 11) is 0. The second-order valence-corrected chi connectivity index (χ2v) is 6.95. The monoisotopic (exact) mass is 391 g/mol. The molecule has 28 heavy (non-hydrogen) atoms. The number of aryl methyl sites for hydroxylation is 2. The van der Waals surface area contributed by atoms with Gasteiger partial charge in [-0.15, -0.1) is 0 Å². The van der Waals surface area contributed by atoms with Crippen LogP contribution in [-0.2, 0) is 17.6 Å². The van der Waals surface area contributed by atoms with Gasteiger partial charge in [-0.25, -0.2) is 4.98 Å². The maximum absolute atomic E-state index is 11.1. The first-order chi connectivity index (χ1) is 13.5. The number of fused-ring (bicyclic) bond motifs is 6. The van der Waals surface area contributed by atoms with Crippen LogP contribution in [0.4, 0.5) is 23.1 Å². The van der Waals surface area contributed by atoms with Crippen molar-refractivity contribution >= 4 is 46.7 Å². The number of anilines is 4. The normalized spacial score (nSPS) is 12.9. The Bertz CT molecular complexity index is 1080. The second kappa shape index (κ2) is 7.70. The van der Waals surface area contributed by atoms with Crippen molar-refractivity contribution in [1.82, 2.24) is 9.97 Å². The molecule has 140 valence electrons. The summed E-state index contributed by atoms with van der Waals surface area (Å²) in [5.41, 5.74) is 10.2. The molecule has 7 heteroatoms. The quantitative estimate of drug-likeness (QED) is 0.569. The summed E-state index contributed by atoms with van der Waals surface area (Å²) < 4.78 is 0. The molecule has 4 rings (SSSR count). The Morgan fingerprint density at radius 3 is 2.75 bits per heavy atom. The minimum Gasteiger partial charge on any atom is -0.366 e. The van der Waals surface area contributed by atoms with Crippen LogP contribution in [0.3, 0.4) is 0 Å². The van der Waals surface area contributed by atoms with Gasteiger partial charge in [0.2, 0.25) is 11.9 Å². The van der Waals surface area contributed by atoms with Gasteiger partial charge >= 0.3 is 0 Å². The maximum Gasteiger partial charge on any atom is 0.241 e. The SMILES string of the molecule is NC(=O)/C=C/c1cc2cc(c1)Nc1nc(ncc1Cl)Nc1cccc(c1)CC2. The van der Waals surface area contributed by atoms with E-state index in [4.69, 9.17) is 17.3 Å². The number of amides is 1. The van der Waals surface area contributed by atoms with Gasteiger partial charge in [0.05, 0.1) is 6.20 Å². The fraction of sp³-hybridized carbons (Fsp3) is 0.0952. The van der Waals surface area contributed by atoms with Crippen LogP contribution < -0.4 is 16.4 Å². The molecule has 3 aromatic rings. The zero-order chi connectivity index (χ0) is 19.5. The molecule has 1 aliphatic heterocycles. The molecule has 2 heterocycles. The lowest BCUT2D eigenvalue weighted by Crippen LogP contribution is -2.05. The molecule has 0 aliphatic carbocycles. The largest absolute Gasteiger partial charge is 0.366 e. The Morgan fingerprint density at radius 2 is 1.89 bits per heavy atom. The molecule has 1 aliphatic rings. The van der Waals surface area contributed by atoms with E-state index in [0.717, 1.165) is 35.3 Å². The number of primary amides is 1. The molecular formula is C21H18ClN5O. The molecule has 0 fully saturated rings. The van der Waals surface area contributed by atoms with Crippen LogP contribution in [0.1, 0.15) is 16.7 Å². The van der Waals surface area contributed by atoms with Crippen LogP contribution in [0.25, 0.3) is 6.08 Å². The third-order valence-corrected chi connectivity index (χ3v) is 4.62. The number of nitrogens with zero attached hydrogens (tertiary/aromatic N) is 2. The Balaban J connectivity index is 1.81. The molecule has 6 bridgehead atoms. The zero-order valence-electron chi connectivity index (χ0n) is 14.9. The fourth-order valence-electron chi connectivity index (χ4n) is 3.08. The van der Waals surface area contributed by atoms with Gasteiger partial charge in [-0.2, -0.15) is 4.98 Å². The van der Waals surface area contributed by atoms with E-state index in [1.807, 2.05) is 24.3 Å². The van der Waals surface area contributed by atoms with Crippen LogP contribution in [0.2, 0.25) is 5.02 Å². The average Bonchev–Trinajstić information content (AvgIpc) is 2.67. The molecule has 1 amide bonds. The second-order valence-electron chi connectivity index (χ2n) is 6.54. The number of nitrogens with one attached hydrogen (secondary N) is 2. The molecule has 0 spiro atoms. The van der Waals surface area contributed by atoms with Gasteiger partial charge in [0, 0.05) is 17.5 Å². The van der Waals surface area contributed by atoms with Crippen LogP contribution in [0, 0.1) is 0 Å². The van der Waals surface area contributed by atoms with Crippen molar-refractivity contribution in [2.45, 2.75) is 12.8 Å². The first-order valence-electron chi connectivity index (χ1n) is 8.82. The molecule has 2 aromatic carbocycles. The number of halogens is 1. The number of hydrogen-bond donors (Lipinski definition) is 3. The smallest absolute Gasteiger partial charge is 0.241 e. The molecule has 4 N–H and O–H groups in total. The van der Waals surface area contributed by atoms with E-state index in [2.05, 4.69) is 38.8 Å². The molecule has 0 radical (unpaired) electrons. The van der Waals surface area contributed by atoms with Crippen molar-refractivity contribution < 1.29 is 4.79 Å². The number of carbonyl (C=O) groups is 1. The number of rotatable bonds is 2. The number of carbonyl (C=O) groups excluding carboxylic acids is 1. The Labute approximate surface area is 167 Å². The summed E-state index contributed by atoms with van der Waals surface area (Å²) in [6.45, 7) is 0. The minimum atomic E-state index is -0.489. The van der Waals surface area contributed by atoms with E-state index in [0.29, 0.717) is 16.8 Å². The van der Waals surface area contributed by atoms with Gasteiger partial charge in [-0.3, -0.25) is 4.79 Å². The highest BCUT2D eigenvalue weighted by Gasteiger charge is 2.10. The van der Waals surface area contributed by atoms with Crippen LogP contribution in [-0.4, -0.2) is 15.9 Å². The van der Waals surface area contributed by atoms with Crippen molar-refractivity contribution in [3.8, 4) is 0 Å². The minimum absolute atomic E-state index is 0.411. The summed E-state index contributed by atoms with van der Waals surface area (Å²) >= 11 is 6.29. The molecule has 0 atom stereocenters. The van der Waals surface area contributed by atoms with E-state index < -0.39 is 5.91 Å². The highest BCUT2D eigenvalue weighted by Crippen LogP contribution is 2.28. The molecular weight excluding hydrogens is 374 g/mol. The predicted molar refractivity (Wildman–Crippen MR) is 112 cm³/mol. The van der Waals surface area contributed by atoms with Crippen molar-refractivity contribution in [2.24, 2.45) is 5.73 Å². The summed E-state index contributed by atoms with van der Waals surface area (Å²) in [5, 5.41) is 6.88. The van der Waals surface area contributed by atoms with Gasteiger partial charge in [0.25, 0.3) is 0 Å². The zero-order valence-corrected chi connectivity index (χ0v) is 15.7. The topological polar surface area (TPSA) is 92.9 Å². The highest BCUT2D eigenvalue weighted by atomic mass is 35.5. The van der Waals surface area contributed by atoms with Gasteiger partial charge in [-0.05, 0) is 59.9 Å². The summed E-state index contributed by atoms with van der Waals surface area (Å²) in [5.74, 6) is 0.460. The van der Waals surface area contributed by atoms with E-state index >= 15 is 0 Å². The lowest BCUT2D eigenvalue weighted by atomic mass is 10.0. The molecule has 0 saturated heterocycles. The molecule has 1 aromatic heterocycles. The van der Waals surface area contributed by atoms with Crippen molar-refractivity contribution in [3.05, 3.63) is 76.5 Å². The van der Waals surface area contributed by atoms with E-state index in [1.54, 1.807) is 12.3 Å². The summed E-state index contributed by atoms with van der Waals surface area (Å²) in [6.07, 6.45) is 6.31. The van der Waals surface area contributed by atoms with Crippen molar-refractivity contribution in [1.29, 1.82) is 0 Å². The molecule has 0 saturated carbocycles. The lowest BCUT2D eigenvalue weighted by Gasteiger charge is -2.11. The first kappa shape index (κ1) is 18.0. The molecule has 6 nitrogen and oxygen atoms in total. The van der Waals surface area contributed by atoms with Gasteiger partial charge < -0.3 is 16.4 Å². The number of aromatic nitrogens is 2. The fourth-order valence-corrected chi connectivity index (χ4v) is 3.22. The number of benzene rings is 2. The third kappa shape index (κ3) is 4.29. The Morgan fingerprint density at radius 1 is 1.07 bits per heavy atom. The Hall–Kier alpha value is -3.38. The first-order valence-corrected chi connectivity index (χ1v) is 9.20. The summed E-state index contributed by atoms with van der Waals surface area (Å²) in [4.78, 5) is 19.9. The summed E-state index contributed by atoms with van der Waals surface area (Å²) in [6, 6.07) is 14.2. The predicted octanol–water partition coefficient (Wildman–Crippen LogP) is 4.21. The maximum atomic E-state index is 11.1. The van der Waals surface area contributed by atoms with Gasteiger partial charge in [-0.1, -0.05) is 29.8 Å². The van der Waals surface area contributed by atoms with E-state index in [9.17, 15) is 4.79 Å². The Kier molecular flexibility index (Phi) is 4.95. The van der Waals surface area contributed by atoms with Crippen molar-refractivity contribution in [3.63, 3.8) is 0 Å². The van der Waals surface area contributed by atoms with Crippen LogP contribution in [0.15, 0.2) is 54.7 Å². The number of hydrogen-bond acceptors (Lipinski definition) is 5. The highest BCUT2D eigenvalue weighted by molar-refractivity contribution is 6.32. The van der Waals surface area contributed by atoms with Crippen LogP contribution >= 0.6 is 11.6 Å². The van der Waals surface area contributed by atoms with Gasteiger partial charge in [0.15, 0.2) is 5.82 Å². The van der Waals surface area contributed by atoms with E-state index in [1.165, 1.54) is 11.6 Å². The average molecular weight is 392 g/mol. The lowest BCUT2D eigenvalue weighted by molar-refractivity contribution is -0.113.